The topological polar surface area (TPSA) is 83.3 Å². The maximum atomic E-state index is 12.1. The largest absolute Gasteiger partial charge is 0.369 e. The first-order valence-electron chi connectivity index (χ1n) is 9.35. The third-order valence-electron chi connectivity index (χ3n) is 4.30. The average Bonchev–Trinajstić information content (AvgIpc) is 3.12. The summed E-state index contributed by atoms with van der Waals surface area (Å²) in [5.74, 6) is 0.756. The summed E-state index contributed by atoms with van der Waals surface area (Å²) in [6.45, 7) is 4.40. The Kier molecular flexibility index (Phi) is 6.38. The Morgan fingerprint density at radius 2 is 1.89 bits per heavy atom. The predicted octanol–water partition coefficient (Wildman–Crippen LogP) is 2.56. The van der Waals surface area contributed by atoms with Crippen LogP contribution < -0.4 is 16.0 Å². The van der Waals surface area contributed by atoms with Crippen LogP contribution in [0.2, 0.25) is 0 Å². The van der Waals surface area contributed by atoms with Gasteiger partial charge in [0.1, 0.15) is 5.82 Å². The highest BCUT2D eigenvalue weighted by atomic mass is 16.1. The highest BCUT2D eigenvalue weighted by molar-refractivity contribution is 5.94. The van der Waals surface area contributed by atoms with Crippen molar-refractivity contribution in [1.82, 2.24) is 25.2 Å². The van der Waals surface area contributed by atoms with Crippen LogP contribution in [0.5, 0.6) is 0 Å². The van der Waals surface area contributed by atoms with Crippen LogP contribution >= 0.6 is 0 Å². The van der Waals surface area contributed by atoms with E-state index in [0.29, 0.717) is 12.1 Å². The van der Waals surface area contributed by atoms with Gasteiger partial charge in [-0.25, -0.2) is 9.50 Å². The number of hydrogen-bond donors (Lipinski definition) is 3. The molecule has 0 aliphatic heterocycles. The third kappa shape index (κ3) is 4.62. The van der Waals surface area contributed by atoms with Gasteiger partial charge in [-0.2, -0.15) is 0 Å². The molecule has 3 N–H and O–H groups in total. The number of aromatic nitrogens is 3. The quantitative estimate of drug-likeness (QED) is 0.507. The summed E-state index contributed by atoms with van der Waals surface area (Å²) in [7, 11) is 1.86. The zero-order valence-corrected chi connectivity index (χ0v) is 15.8. The van der Waals surface area contributed by atoms with Crippen LogP contribution in [0.15, 0.2) is 42.6 Å². The van der Waals surface area contributed by atoms with E-state index in [9.17, 15) is 4.79 Å². The summed E-state index contributed by atoms with van der Waals surface area (Å²) in [6.07, 6.45) is 4.05. The minimum atomic E-state index is -0.0736. The molecule has 0 radical (unpaired) electrons. The molecule has 0 saturated heterocycles. The molecule has 2 heterocycles. The summed E-state index contributed by atoms with van der Waals surface area (Å²) in [5.41, 5.74) is 3.29. The first-order valence-corrected chi connectivity index (χ1v) is 9.35. The van der Waals surface area contributed by atoms with Crippen molar-refractivity contribution < 1.29 is 4.79 Å². The Morgan fingerprint density at radius 3 is 2.63 bits per heavy atom. The SMILES string of the molecule is CCCCNc1ccc2ncc(-c3ccc(C(=O)NCCNC)cc3)n2n1. The van der Waals surface area contributed by atoms with Gasteiger partial charge >= 0.3 is 0 Å². The number of nitrogens with zero attached hydrogens (tertiary/aromatic N) is 3. The Balaban J connectivity index is 1.78. The maximum absolute atomic E-state index is 12.1. The fraction of sp³-hybridized carbons (Fsp3) is 0.350. The number of fused-ring (bicyclic) bond motifs is 1. The molecule has 142 valence electrons. The Morgan fingerprint density at radius 1 is 1.07 bits per heavy atom. The average molecular weight is 366 g/mol. The van der Waals surface area contributed by atoms with Crippen LogP contribution in [-0.4, -0.2) is 47.2 Å². The van der Waals surface area contributed by atoms with Crippen LogP contribution in [0.3, 0.4) is 0 Å². The van der Waals surface area contributed by atoms with Crippen molar-refractivity contribution in [3.8, 4) is 11.3 Å². The van der Waals surface area contributed by atoms with E-state index >= 15 is 0 Å². The number of carbonyl (C=O) groups is 1. The first-order chi connectivity index (χ1) is 13.2. The summed E-state index contributed by atoms with van der Waals surface area (Å²) < 4.78 is 1.83. The monoisotopic (exact) mass is 366 g/mol. The fourth-order valence-electron chi connectivity index (χ4n) is 2.75. The number of benzene rings is 1. The lowest BCUT2D eigenvalue weighted by Crippen LogP contribution is -2.30. The fourth-order valence-corrected chi connectivity index (χ4v) is 2.75. The van der Waals surface area contributed by atoms with Gasteiger partial charge < -0.3 is 16.0 Å². The number of likely N-dealkylation sites (N-methyl/N-ethyl adjacent to an activating group) is 1. The Bertz CT molecular complexity index is 887. The standard InChI is InChI=1S/C20H26N6O/c1-3-4-11-22-18-9-10-19-24-14-17(26(19)25-18)15-5-7-16(8-6-15)20(27)23-13-12-21-2/h5-10,14,21H,3-4,11-13H2,1-2H3,(H,22,25)(H,23,27). The van der Waals surface area contributed by atoms with Crippen molar-refractivity contribution in [2.24, 2.45) is 0 Å². The molecule has 0 aliphatic rings. The van der Waals surface area contributed by atoms with Crippen LogP contribution in [0.1, 0.15) is 30.1 Å². The molecule has 0 aliphatic carbocycles. The van der Waals surface area contributed by atoms with Gasteiger partial charge in [0.25, 0.3) is 5.91 Å². The molecule has 0 saturated carbocycles. The molecule has 0 unspecified atom stereocenters. The normalized spacial score (nSPS) is 10.9. The van der Waals surface area contributed by atoms with Crippen molar-refractivity contribution in [3.05, 3.63) is 48.2 Å². The zero-order chi connectivity index (χ0) is 19.1. The Hall–Kier alpha value is -2.93. The molecule has 1 amide bonds. The zero-order valence-electron chi connectivity index (χ0n) is 15.8. The van der Waals surface area contributed by atoms with Crippen molar-refractivity contribution in [1.29, 1.82) is 0 Å². The minimum absolute atomic E-state index is 0.0736. The second-order valence-electron chi connectivity index (χ2n) is 6.35. The summed E-state index contributed by atoms with van der Waals surface area (Å²) in [4.78, 5) is 16.5. The number of nitrogens with one attached hydrogen (secondary N) is 3. The molecule has 3 rings (SSSR count). The molecule has 27 heavy (non-hydrogen) atoms. The number of anilines is 1. The van der Waals surface area contributed by atoms with Gasteiger partial charge in [0.15, 0.2) is 5.65 Å². The van der Waals surface area contributed by atoms with Gasteiger partial charge in [-0.15, -0.1) is 5.10 Å². The minimum Gasteiger partial charge on any atom is -0.369 e. The molecule has 0 atom stereocenters. The number of rotatable bonds is 9. The van der Waals surface area contributed by atoms with E-state index in [4.69, 9.17) is 0 Å². The van der Waals surface area contributed by atoms with Gasteiger partial charge in [-0.05, 0) is 37.7 Å². The van der Waals surface area contributed by atoms with Crippen molar-refractivity contribution in [2.45, 2.75) is 19.8 Å². The Labute approximate surface area is 159 Å². The van der Waals surface area contributed by atoms with E-state index in [-0.39, 0.29) is 5.91 Å². The molecule has 0 bridgehead atoms. The number of unbranched alkanes of at least 4 members (excludes halogenated alkanes) is 1. The van der Waals surface area contributed by atoms with Gasteiger partial charge in [0.2, 0.25) is 0 Å². The van der Waals surface area contributed by atoms with E-state index in [1.807, 2.05) is 48.0 Å². The van der Waals surface area contributed by atoms with Crippen molar-refractivity contribution >= 4 is 17.4 Å². The van der Waals surface area contributed by atoms with Gasteiger partial charge in [0.05, 0.1) is 11.9 Å². The van der Waals surface area contributed by atoms with Crippen LogP contribution in [0, 0.1) is 0 Å². The van der Waals surface area contributed by atoms with Crippen molar-refractivity contribution in [3.63, 3.8) is 0 Å². The lowest BCUT2D eigenvalue weighted by Gasteiger charge is -2.07. The highest BCUT2D eigenvalue weighted by Crippen LogP contribution is 2.21. The van der Waals surface area contributed by atoms with Crippen LogP contribution in [0.4, 0.5) is 5.82 Å². The summed E-state index contributed by atoms with van der Waals surface area (Å²) >= 11 is 0. The van der Waals surface area contributed by atoms with Gasteiger partial charge in [-0.3, -0.25) is 4.79 Å². The molecule has 3 aromatic rings. The van der Waals surface area contributed by atoms with Crippen LogP contribution in [-0.2, 0) is 0 Å². The van der Waals surface area contributed by atoms with Crippen molar-refractivity contribution in [2.75, 3.05) is 32.0 Å². The van der Waals surface area contributed by atoms with E-state index in [1.54, 1.807) is 6.20 Å². The molecule has 7 heteroatoms. The van der Waals surface area contributed by atoms with Crippen LogP contribution in [0.25, 0.3) is 16.9 Å². The molecule has 0 spiro atoms. The molecule has 7 nitrogen and oxygen atoms in total. The second-order valence-corrected chi connectivity index (χ2v) is 6.35. The smallest absolute Gasteiger partial charge is 0.251 e. The third-order valence-corrected chi connectivity index (χ3v) is 4.30. The maximum Gasteiger partial charge on any atom is 0.251 e. The van der Waals surface area contributed by atoms with Gasteiger partial charge in [-0.1, -0.05) is 25.5 Å². The highest BCUT2D eigenvalue weighted by Gasteiger charge is 2.10. The summed E-state index contributed by atoms with van der Waals surface area (Å²) in [6, 6.07) is 11.4. The molecular weight excluding hydrogens is 340 g/mol. The molecule has 0 fully saturated rings. The number of amides is 1. The summed E-state index contributed by atoms with van der Waals surface area (Å²) in [5, 5.41) is 13.9. The molecule has 1 aromatic carbocycles. The lowest BCUT2D eigenvalue weighted by atomic mass is 10.1. The van der Waals surface area contributed by atoms with E-state index in [2.05, 4.69) is 33.0 Å². The van der Waals surface area contributed by atoms with Gasteiger partial charge in [0, 0.05) is 30.8 Å². The first kappa shape index (κ1) is 18.8. The number of hydrogen-bond acceptors (Lipinski definition) is 5. The molecular formula is C20H26N6O. The molecule has 2 aromatic heterocycles. The second kappa shape index (κ2) is 9.14. The predicted molar refractivity (Wildman–Crippen MR) is 108 cm³/mol. The van der Waals surface area contributed by atoms with E-state index < -0.39 is 0 Å². The number of imidazole rings is 1. The van der Waals surface area contributed by atoms with E-state index in [1.165, 1.54) is 0 Å². The lowest BCUT2D eigenvalue weighted by molar-refractivity contribution is 0.0954. The van der Waals surface area contributed by atoms with E-state index in [0.717, 1.165) is 48.7 Å². The number of carbonyl (C=O) groups excluding carboxylic acids is 1.